The van der Waals surface area contributed by atoms with E-state index in [9.17, 15) is 0 Å². The Morgan fingerprint density at radius 2 is 2.06 bits per heavy atom. The summed E-state index contributed by atoms with van der Waals surface area (Å²) < 4.78 is 0. The van der Waals surface area contributed by atoms with Crippen molar-refractivity contribution in [1.29, 1.82) is 0 Å². The van der Waals surface area contributed by atoms with Crippen LogP contribution in [0.25, 0.3) is 0 Å². The van der Waals surface area contributed by atoms with Gasteiger partial charge < -0.3 is 5.32 Å². The van der Waals surface area contributed by atoms with Gasteiger partial charge in [-0.2, -0.15) is 11.8 Å². The van der Waals surface area contributed by atoms with Crippen LogP contribution in [0.4, 0.5) is 0 Å². The van der Waals surface area contributed by atoms with Crippen LogP contribution in [0.2, 0.25) is 0 Å². The molecule has 102 valence electrons. The Hall–Kier alpha value is -0.610. The predicted molar refractivity (Wildman–Crippen MR) is 79.6 cm³/mol. The Morgan fingerprint density at radius 1 is 1.33 bits per heavy atom. The van der Waals surface area contributed by atoms with Gasteiger partial charge in [0.2, 0.25) is 0 Å². The standard InChI is InChI=1S/C14H25N3S/c1-11(2)9-18-10-13-15-7-6-12(17-13)8-16-14(3,4)5/h6-7,11,16H,8-10H2,1-5H3. The van der Waals surface area contributed by atoms with Gasteiger partial charge in [-0.3, -0.25) is 0 Å². The molecule has 0 amide bonds. The Bertz CT molecular complexity index is 358. The summed E-state index contributed by atoms with van der Waals surface area (Å²) in [7, 11) is 0. The fraction of sp³-hybridized carbons (Fsp3) is 0.714. The van der Waals surface area contributed by atoms with E-state index in [1.807, 2.05) is 24.0 Å². The van der Waals surface area contributed by atoms with Crippen molar-refractivity contribution in [1.82, 2.24) is 15.3 Å². The molecule has 1 aromatic heterocycles. The first-order chi connectivity index (χ1) is 8.37. The van der Waals surface area contributed by atoms with E-state index in [0.717, 1.165) is 35.5 Å². The number of hydrogen-bond donors (Lipinski definition) is 1. The van der Waals surface area contributed by atoms with Crippen molar-refractivity contribution in [3.8, 4) is 0 Å². The van der Waals surface area contributed by atoms with Crippen LogP contribution in [0.1, 0.15) is 46.1 Å². The molecule has 0 saturated heterocycles. The number of thioether (sulfide) groups is 1. The third-order valence-corrected chi connectivity index (χ3v) is 3.61. The molecule has 0 bridgehead atoms. The van der Waals surface area contributed by atoms with E-state index in [4.69, 9.17) is 0 Å². The van der Waals surface area contributed by atoms with E-state index >= 15 is 0 Å². The van der Waals surface area contributed by atoms with Crippen molar-refractivity contribution in [2.45, 2.75) is 52.5 Å². The molecule has 0 fully saturated rings. The molecule has 1 N–H and O–H groups in total. The monoisotopic (exact) mass is 267 g/mol. The lowest BCUT2D eigenvalue weighted by molar-refractivity contribution is 0.421. The molecule has 0 saturated carbocycles. The van der Waals surface area contributed by atoms with Crippen molar-refractivity contribution in [3.63, 3.8) is 0 Å². The average Bonchev–Trinajstić information content (AvgIpc) is 2.26. The minimum Gasteiger partial charge on any atom is -0.306 e. The topological polar surface area (TPSA) is 37.8 Å². The van der Waals surface area contributed by atoms with E-state index < -0.39 is 0 Å². The summed E-state index contributed by atoms with van der Waals surface area (Å²) >= 11 is 1.90. The average molecular weight is 267 g/mol. The number of rotatable bonds is 6. The predicted octanol–water partition coefficient (Wildman–Crippen LogP) is 3.25. The number of hydrogen-bond acceptors (Lipinski definition) is 4. The van der Waals surface area contributed by atoms with Crippen LogP contribution in [0.3, 0.4) is 0 Å². The highest BCUT2D eigenvalue weighted by Gasteiger charge is 2.09. The molecular formula is C14H25N3S. The van der Waals surface area contributed by atoms with Crippen LogP contribution in [0, 0.1) is 5.92 Å². The second-order valence-electron chi connectivity index (χ2n) is 5.98. The Morgan fingerprint density at radius 3 is 2.67 bits per heavy atom. The molecule has 4 heteroatoms. The molecule has 18 heavy (non-hydrogen) atoms. The van der Waals surface area contributed by atoms with Gasteiger partial charge in [-0.05, 0) is 38.5 Å². The van der Waals surface area contributed by atoms with Gasteiger partial charge >= 0.3 is 0 Å². The summed E-state index contributed by atoms with van der Waals surface area (Å²) in [6, 6.07) is 1.98. The van der Waals surface area contributed by atoms with Gasteiger partial charge in [0.25, 0.3) is 0 Å². The molecule has 0 aliphatic carbocycles. The molecule has 1 heterocycles. The summed E-state index contributed by atoms with van der Waals surface area (Å²) in [6.45, 7) is 11.7. The SMILES string of the molecule is CC(C)CSCc1nccc(CNC(C)(C)C)n1. The smallest absolute Gasteiger partial charge is 0.138 e. The van der Waals surface area contributed by atoms with Gasteiger partial charge in [-0.1, -0.05) is 13.8 Å². The van der Waals surface area contributed by atoms with Crippen LogP contribution in [0.5, 0.6) is 0 Å². The first-order valence-corrected chi connectivity index (χ1v) is 7.66. The van der Waals surface area contributed by atoms with Crippen molar-refractivity contribution in [3.05, 3.63) is 23.8 Å². The largest absolute Gasteiger partial charge is 0.306 e. The maximum Gasteiger partial charge on any atom is 0.138 e. The lowest BCUT2D eigenvalue weighted by Crippen LogP contribution is -2.35. The summed E-state index contributed by atoms with van der Waals surface area (Å²) in [5.41, 5.74) is 1.19. The first kappa shape index (κ1) is 15.4. The molecule has 0 unspecified atom stereocenters. The van der Waals surface area contributed by atoms with Gasteiger partial charge in [-0.25, -0.2) is 9.97 Å². The summed E-state index contributed by atoms with van der Waals surface area (Å²) in [5, 5.41) is 3.44. The van der Waals surface area contributed by atoms with Crippen molar-refractivity contribution in [2.75, 3.05) is 5.75 Å². The molecule has 1 aromatic rings. The summed E-state index contributed by atoms with van der Waals surface area (Å²) in [4.78, 5) is 8.90. The van der Waals surface area contributed by atoms with Crippen molar-refractivity contribution < 1.29 is 0 Å². The molecule has 0 radical (unpaired) electrons. The van der Waals surface area contributed by atoms with Gasteiger partial charge in [0.1, 0.15) is 5.82 Å². The molecular weight excluding hydrogens is 242 g/mol. The third-order valence-electron chi connectivity index (χ3n) is 2.25. The van der Waals surface area contributed by atoms with Crippen LogP contribution in [0.15, 0.2) is 12.3 Å². The lowest BCUT2D eigenvalue weighted by atomic mass is 10.1. The molecule has 3 nitrogen and oxygen atoms in total. The Kier molecular flexibility index (Phi) is 6.09. The molecule has 0 aromatic carbocycles. The van der Waals surface area contributed by atoms with Crippen molar-refractivity contribution >= 4 is 11.8 Å². The second kappa shape index (κ2) is 7.10. The quantitative estimate of drug-likeness (QED) is 0.858. The highest BCUT2D eigenvalue weighted by atomic mass is 32.2. The van der Waals surface area contributed by atoms with Gasteiger partial charge in [0.15, 0.2) is 0 Å². The van der Waals surface area contributed by atoms with Gasteiger partial charge in [0, 0.05) is 18.3 Å². The molecule has 0 aliphatic rings. The third kappa shape index (κ3) is 6.97. The van der Waals surface area contributed by atoms with Crippen LogP contribution >= 0.6 is 11.8 Å². The fourth-order valence-corrected chi connectivity index (χ4v) is 2.26. The lowest BCUT2D eigenvalue weighted by Gasteiger charge is -2.20. The molecule has 1 rings (SSSR count). The minimum absolute atomic E-state index is 0.123. The van der Waals surface area contributed by atoms with Crippen LogP contribution in [-0.2, 0) is 12.3 Å². The number of nitrogens with zero attached hydrogens (tertiary/aromatic N) is 2. The second-order valence-corrected chi connectivity index (χ2v) is 7.01. The van der Waals surface area contributed by atoms with Crippen LogP contribution < -0.4 is 5.32 Å². The number of aromatic nitrogens is 2. The number of nitrogens with one attached hydrogen (secondary N) is 1. The minimum atomic E-state index is 0.123. The Labute approximate surface area is 115 Å². The zero-order chi connectivity index (χ0) is 13.6. The fourth-order valence-electron chi connectivity index (χ4n) is 1.35. The van der Waals surface area contributed by atoms with Gasteiger partial charge in [-0.15, -0.1) is 0 Å². The van der Waals surface area contributed by atoms with Crippen molar-refractivity contribution in [2.24, 2.45) is 5.92 Å². The van der Waals surface area contributed by atoms with Crippen LogP contribution in [-0.4, -0.2) is 21.3 Å². The van der Waals surface area contributed by atoms with E-state index in [0.29, 0.717) is 0 Å². The zero-order valence-corrected chi connectivity index (χ0v) is 13.0. The van der Waals surface area contributed by atoms with E-state index in [2.05, 4.69) is 49.9 Å². The molecule has 0 atom stereocenters. The summed E-state index contributed by atoms with van der Waals surface area (Å²) in [6.07, 6.45) is 1.86. The van der Waals surface area contributed by atoms with E-state index in [1.54, 1.807) is 0 Å². The van der Waals surface area contributed by atoms with E-state index in [1.165, 1.54) is 0 Å². The molecule has 0 aliphatic heterocycles. The van der Waals surface area contributed by atoms with E-state index in [-0.39, 0.29) is 5.54 Å². The highest BCUT2D eigenvalue weighted by Crippen LogP contribution is 2.12. The normalized spacial score (nSPS) is 12.1. The maximum absolute atomic E-state index is 4.58. The van der Waals surface area contributed by atoms with Gasteiger partial charge in [0.05, 0.1) is 11.4 Å². The maximum atomic E-state index is 4.58. The molecule has 0 spiro atoms. The zero-order valence-electron chi connectivity index (χ0n) is 12.2. The highest BCUT2D eigenvalue weighted by molar-refractivity contribution is 7.98. The summed E-state index contributed by atoms with van der Waals surface area (Å²) in [5.74, 6) is 3.73. The first-order valence-electron chi connectivity index (χ1n) is 6.50. The Balaban J connectivity index is 2.46.